The van der Waals surface area contributed by atoms with Crippen LogP contribution in [0.5, 0.6) is 0 Å². The van der Waals surface area contributed by atoms with E-state index in [1.807, 2.05) is 30.3 Å². The van der Waals surface area contributed by atoms with Crippen LogP contribution in [0, 0.1) is 0 Å². The number of rotatable bonds is 0. The molecule has 0 spiro atoms. The van der Waals surface area contributed by atoms with E-state index in [0.29, 0.717) is 0 Å². The molecule has 0 aliphatic carbocycles. The van der Waals surface area contributed by atoms with Crippen molar-refractivity contribution in [2.75, 3.05) is 5.06 Å². The molecule has 2 nitrogen and oxygen atoms in total. The van der Waals surface area contributed by atoms with Gasteiger partial charge in [0.1, 0.15) is 0 Å². The minimum Gasteiger partial charge on any atom is -0.284 e. The maximum Gasteiger partial charge on any atom is 0.0720 e. The summed E-state index contributed by atoms with van der Waals surface area (Å²) in [6, 6.07) is 7.81. The third-order valence-electron chi connectivity index (χ3n) is 1.82. The van der Waals surface area contributed by atoms with Gasteiger partial charge in [-0.15, -0.1) is 0 Å². The molecule has 56 valence electrons. The predicted molar refractivity (Wildman–Crippen MR) is 43.6 cm³/mol. The maximum absolute atomic E-state index is 9.31. The van der Waals surface area contributed by atoms with Crippen molar-refractivity contribution in [3.63, 3.8) is 0 Å². The zero-order valence-corrected chi connectivity index (χ0v) is 6.07. The molecule has 1 aliphatic rings. The topological polar surface area (TPSA) is 23.5 Å². The Hall–Kier alpha value is -1.28. The molecule has 0 saturated heterocycles. The van der Waals surface area contributed by atoms with Crippen molar-refractivity contribution in [2.24, 2.45) is 0 Å². The van der Waals surface area contributed by atoms with Crippen LogP contribution in [-0.2, 0) is 6.42 Å². The molecule has 1 N–H and O–H groups in total. The second-order valence-electron chi connectivity index (χ2n) is 2.56. The van der Waals surface area contributed by atoms with Gasteiger partial charge in [0.25, 0.3) is 0 Å². The van der Waals surface area contributed by atoms with Crippen LogP contribution in [0.2, 0.25) is 0 Å². The van der Waals surface area contributed by atoms with E-state index in [0.717, 1.165) is 22.7 Å². The fraction of sp³-hybridized carbons (Fsp3) is 0.111. The quantitative estimate of drug-likeness (QED) is 0.606. The molecule has 1 aliphatic heterocycles. The summed E-state index contributed by atoms with van der Waals surface area (Å²) in [5, 5.41) is 10.5. The van der Waals surface area contributed by atoms with Gasteiger partial charge in [-0.1, -0.05) is 24.3 Å². The van der Waals surface area contributed by atoms with Gasteiger partial charge >= 0.3 is 0 Å². The van der Waals surface area contributed by atoms with Gasteiger partial charge < -0.3 is 0 Å². The second-order valence-corrected chi connectivity index (χ2v) is 2.56. The van der Waals surface area contributed by atoms with E-state index in [4.69, 9.17) is 0 Å². The van der Waals surface area contributed by atoms with Crippen LogP contribution in [-0.4, -0.2) is 5.21 Å². The van der Waals surface area contributed by atoms with Crippen LogP contribution in [0.15, 0.2) is 36.5 Å². The van der Waals surface area contributed by atoms with E-state index in [-0.39, 0.29) is 0 Å². The van der Waals surface area contributed by atoms with Crippen molar-refractivity contribution < 1.29 is 5.21 Å². The van der Waals surface area contributed by atoms with Crippen LogP contribution in [0.4, 0.5) is 5.69 Å². The number of benzene rings is 1. The highest BCUT2D eigenvalue weighted by Gasteiger charge is 2.08. The summed E-state index contributed by atoms with van der Waals surface area (Å²) in [7, 11) is 0. The first-order chi connectivity index (χ1) is 5.38. The minimum absolute atomic E-state index is 0.884. The van der Waals surface area contributed by atoms with E-state index in [1.165, 1.54) is 0 Å². The number of hydrogen-bond acceptors (Lipinski definition) is 2. The molecule has 2 heteroatoms. The molecule has 0 atom stereocenters. The Morgan fingerprint density at radius 2 is 2.09 bits per heavy atom. The third-order valence-corrected chi connectivity index (χ3v) is 1.82. The number of anilines is 1. The molecule has 0 bridgehead atoms. The van der Waals surface area contributed by atoms with Crippen LogP contribution in [0.3, 0.4) is 0 Å². The molecule has 0 aromatic heterocycles. The summed E-state index contributed by atoms with van der Waals surface area (Å²) < 4.78 is 0. The first-order valence-electron chi connectivity index (χ1n) is 3.60. The number of hydroxylamine groups is 1. The largest absolute Gasteiger partial charge is 0.284 e. The molecule has 0 radical (unpaired) electrons. The Morgan fingerprint density at radius 1 is 1.27 bits per heavy atom. The fourth-order valence-electron chi connectivity index (χ4n) is 1.27. The van der Waals surface area contributed by atoms with Crippen molar-refractivity contribution in [1.82, 2.24) is 0 Å². The summed E-state index contributed by atoms with van der Waals surface area (Å²) in [6.45, 7) is 0. The number of fused-ring (bicyclic) bond motifs is 1. The molecule has 1 aromatic carbocycles. The zero-order chi connectivity index (χ0) is 7.68. The molecule has 1 aromatic rings. The summed E-state index contributed by atoms with van der Waals surface area (Å²) in [6.07, 6.45) is 4.51. The fourth-order valence-corrected chi connectivity index (χ4v) is 1.27. The number of para-hydroxylation sites is 1. The normalized spacial score (nSPS) is 14.8. The summed E-state index contributed by atoms with van der Waals surface area (Å²) >= 11 is 0. The van der Waals surface area contributed by atoms with Crippen LogP contribution in [0.1, 0.15) is 5.56 Å². The first kappa shape index (κ1) is 6.43. The molecule has 11 heavy (non-hydrogen) atoms. The standard InChI is InChI=1S/C9H9NO/c11-10-7-3-5-8-4-1-2-6-9(8)10/h1-4,6-7,11H,5H2. The Bertz CT molecular complexity index is 293. The van der Waals surface area contributed by atoms with Crippen molar-refractivity contribution in [2.45, 2.75) is 6.42 Å². The van der Waals surface area contributed by atoms with Gasteiger partial charge in [0.15, 0.2) is 0 Å². The number of allylic oxidation sites excluding steroid dienone is 1. The molecular weight excluding hydrogens is 138 g/mol. The van der Waals surface area contributed by atoms with Crippen LogP contribution in [0.25, 0.3) is 0 Å². The third kappa shape index (κ3) is 1.01. The summed E-state index contributed by atoms with van der Waals surface area (Å²) in [4.78, 5) is 0. The number of nitrogens with zero attached hydrogens (tertiary/aromatic N) is 1. The summed E-state index contributed by atoms with van der Waals surface area (Å²) in [5.41, 5.74) is 2.05. The van der Waals surface area contributed by atoms with Crippen molar-refractivity contribution in [3.05, 3.63) is 42.1 Å². The van der Waals surface area contributed by atoms with Crippen molar-refractivity contribution in [1.29, 1.82) is 0 Å². The lowest BCUT2D eigenvalue weighted by atomic mass is 10.1. The van der Waals surface area contributed by atoms with Gasteiger partial charge in [-0.2, -0.15) is 0 Å². The average molecular weight is 147 g/mol. The average Bonchev–Trinajstić information content (AvgIpc) is 2.06. The van der Waals surface area contributed by atoms with E-state index in [2.05, 4.69) is 0 Å². The molecule has 0 amide bonds. The molecular formula is C9H9NO. The van der Waals surface area contributed by atoms with Gasteiger partial charge in [0.05, 0.1) is 5.69 Å². The van der Waals surface area contributed by atoms with Gasteiger partial charge in [-0.3, -0.25) is 5.21 Å². The van der Waals surface area contributed by atoms with E-state index >= 15 is 0 Å². The Morgan fingerprint density at radius 3 is 2.91 bits per heavy atom. The lowest BCUT2D eigenvalue weighted by molar-refractivity contribution is 0.293. The highest BCUT2D eigenvalue weighted by Crippen LogP contribution is 2.23. The molecule has 0 saturated carbocycles. The zero-order valence-electron chi connectivity index (χ0n) is 6.07. The summed E-state index contributed by atoms with van der Waals surface area (Å²) in [5.74, 6) is 0. The molecule has 1 heterocycles. The van der Waals surface area contributed by atoms with Crippen molar-refractivity contribution >= 4 is 5.69 Å². The minimum atomic E-state index is 0.884. The van der Waals surface area contributed by atoms with E-state index in [1.54, 1.807) is 6.20 Å². The maximum atomic E-state index is 9.31. The van der Waals surface area contributed by atoms with Crippen molar-refractivity contribution in [3.8, 4) is 0 Å². The highest BCUT2D eigenvalue weighted by atomic mass is 16.5. The van der Waals surface area contributed by atoms with Gasteiger partial charge in [-0.05, 0) is 18.1 Å². The molecule has 0 unspecified atom stereocenters. The smallest absolute Gasteiger partial charge is 0.0720 e. The highest BCUT2D eigenvalue weighted by molar-refractivity contribution is 5.56. The number of hydrogen-bond donors (Lipinski definition) is 1. The Balaban J connectivity index is 2.50. The van der Waals surface area contributed by atoms with Gasteiger partial charge in [0, 0.05) is 6.20 Å². The predicted octanol–water partition coefficient (Wildman–Crippen LogP) is 1.95. The van der Waals surface area contributed by atoms with E-state index in [9.17, 15) is 5.21 Å². The second kappa shape index (κ2) is 2.40. The van der Waals surface area contributed by atoms with E-state index < -0.39 is 0 Å². The van der Waals surface area contributed by atoms with Crippen LogP contribution >= 0.6 is 0 Å². The van der Waals surface area contributed by atoms with Crippen LogP contribution < -0.4 is 5.06 Å². The monoisotopic (exact) mass is 147 g/mol. The SMILES string of the molecule is ON1C=CCc2ccccc21. The van der Waals surface area contributed by atoms with Gasteiger partial charge in [0.2, 0.25) is 0 Å². The first-order valence-corrected chi connectivity index (χ1v) is 3.60. The Kier molecular flexibility index (Phi) is 1.40. The Labute approximate surface area is 65.3 Å². The van der Waals surface area contributed by atoms with Gasteiger partial charge in [-0.25, -0.2) is 5.06 Å². The molecule has 2 rings (SSSR count). The lowest BCUT2D eigenvalue weighted by Crippen LogP contribution is -2.14. The lowest BCUT2D eigenvalue weighted by Gasteiger charge is -2.19. The molecule has 0 fully saturated rings.